The summed E-state index contributed by atoms with van der Waals surface area (Å²) < 4.78 is 8.48. The van der Waals surface area contributed by atoms with Crippen LogP contribution in [0, 0.1) is 0 Å². The summed E-state index contributed by atoms with van der Waals surface area (Å²) in [5.74, 6) is 0.308. The standard InChI is InChI=1S/C19H25N3O3S/c1-19(2,3)25-17(23)15-6-5-7-16-20-21(18(24)22(15)16)12-13-8-10-14(26-4)11-9-13/h8-11,15H,5-7,12H2,1-4H3/t15-/m1/s1. The number of aromatic nitrogens is 3. The second-order valence-electron chi connectivity index (χ2n) is 7.52. The van der Waals surface area contributed by atoms with Gasteiger partial charge in [-0.25, -0.2) is 14.3 Å². The van der Waals surface area contributed by atoms with Crippen molar-refractivity contribution < 1.29 is 9.53 Å². The number of ether oxygens (including phenoxy) is 1. The van der Waals surface area contributed by atoms with E-state index in [2.05, 4.69) is 5.10 Å². The molecule has 1 atom stereocenters. The highest BCUT2D eigenvalue weighted by Crippen LogP contribution is 2.25. The predicted octanol–water partition coefficient (Wildman–Crippen LogP) is 3.03. The molecule has 0 bridgehead atoms. The Morgan fingerprint density at radius 2 is 2.00 bits per heavy atom. The molecule has 0 aliphatic carbocycles. The molecule has 1 aliphatic rings. The van der Waals surface area contributed by atoms with Crippen LogP contribution >= 0.6 is 11.8 Å². The van der Waals surface area contributed by atoms with E-state index in [0.717, 1.165) is 12.0 Å². The van der Waals surface area contributed by atoms with Crippen molar-refractivity contribution in [2.45, 2.75) is 63.1 Å². The largest absolute Gasteiger partial charge is 0.458 e. The second kappa shape index (κ2) is 7.31. The van der Waals surface area contributed by atoms with E-state index < -0.39 is 11.6 Å². The Balaban J connectivity index is 1.87. The summed E-state index contributed by atoms with van der Waals surface area (Å²) in [5, 5.41) is 4.47. The number of esters is 1. The molecule has 2 aromatic rings. The van der Waals surface area contributed by atoms with Crippen molar-refractivity contribution in [3.63, 3.8) is 0 Å². The third kappa shape index (κ3) is 4.03. The number of carbonyl (C=O) groups is 1. The summed E-state index contributed by atoms with van der Waals surface area (Å²) in [5.41, 5.74) is 0.187. The Morgan fingerprint density at radius 3 is 2.62 bits per heavy atom. The van der Waals surface area contributed by atoms with E-state index in [4.69, 9.17) is 4.74 Å². The normalized spacial score (nSPS) is 17.0. The van der Waals surface area contributed by atoms with Crippen LogP contribution in [0.1, 0.15) is 51.0 Å². The van der Waals surface area contributed by atoms with E-state index in [9.17, 15) is 9.59 Å². The maximum Gasteiger partial charge on any atom is 0.347 e. The Labute approximate surface area is 157 Å². The molecule has 0 saturated heterocycles. The van der Waals surface area contributed by atoms with Crippen LogP contribution in [0.4, 0.5) is 0 Å². The maximum absolute atomic E-state index is 12.9. The van der Waals surface area contributed by atoms with Crippen molar-refractivity contribution in [3.05, 3.63) is 46.1 Å². The van der Waals surface area contributed by atoms with Crippen molar-refractivity contribution in [1.82, 2.24) is 14.3 Å². The van der Waals surface area contributed by atoms with Crippen molar-refractivity contribution >= 4 is 17.7 Å². The lowest BCUT2D eigenvalue weighted by atomic mass is 10.0. The number of rotatable bonds is 4. The molecule has 1 aromatic carbocycles. The first-order chi connectivity index (χ1) is 12.3. The van der Waals surface area contributed by atoms with Crippen LogP contribution in [0.15, 0.2) is 34.0 Å². The molecule has 0 unspecified atom stereocenters. The van der Waals surface area contributed by atoms with Crippen LogP contribution in [-0.2, 0) is 22.5 Å². The highest BCUT2D eigenvalue weighted by Gasteiger charge is 2.33. The van der Waals surface area contributed by atoms with Crippen LogP contribution in [0.5, 0.6) is 0 Å². The van der Waals surface area contributed by atoms with Crippen LogP contribution in [0.25, 0.3) is 0 Å². The second-order valence-corrected chi connectivity index (χ2v) is 8.40. The first kappa shape index (κ1) is 18.8. The number of aryl methyl sites for hydroxylation is 1. The van der Waals surface area contributed by atoms with E-state index in [1.54, 1.807) is 11.8 Å². The molecule has 0 fully saturated rings. The molecular formula is C19H25N3O3S. The summed E-state index contributed by atoms with van der Waals surface area (Å²) in [7, 11) is 0. The number of benzene rings is 1. The highest BCUT2D eigenvalue weighted by molar-refractivity contribution is 7.98. The number of fused-ring (bicyclic) bond motifs is 1. The van der Waals surface area contributed by atoms with Gasteiger partial charge < -0.3 is 4.74 Å². The fraction of sp³-hybridized carbons (Fsp3) is 0.526. The lowest BCUT2D eigenvalue weighted by Gasteiger charge is -2.26. The van der Waals surface area contributed by atoms with Crippen LogP contribution in [0.3, 0.4) is 0 Å². The molecule has 0 spiro atoms. The molecule has 6 nitrogen and oxygen atoms in total. The van der Waals surface area contributed by atoms with Gasteiger partial charge >= 0.3 is 11.7 Å². The molecule has 0 amide bonds. The number of nitrogens with zero attached hydrogens (tertiary/aromatic N) is 3. The fourth-order valence-electron chi connectivity index (χ4n) is 3.13. The third-order valence-corrected chi connectivity index (χ3v) is 5.04. The minimum Gasteiger partial charge on any atom is -0.458 e. The van der Waals surface area contributed by atoms with E-state index in [1.807, 2.05) is 51.3 Å². The Morgan fingerprint density at radius 1 is 1.31 bits per heavy atom. The Kier molecular flexibility index (Phi) is 5.27. The van der Waals surface area contributed by atoms with E-state index >= 15 is 0 Å². The Bertz CT molecular complexity index is 846. The smallest absolute Gasteiger partial charge is 0.347 e. The average Bonchev–Trinajstić information content (AvgIpc) is 2.90. The minimum absolute atomic E-state index is 0.246. The van der Waals surface area contributed by atoms with Gasteiger partial charge in [-0.1, -0.05) is 12.1 Å². The number of hydrogen-bond acceptors (Lipinski definition) is 5. The van der Waals surface area contributed by atoms with Gasteiger partial charge in [-0.05, 0) is 57.6 Å². The van der Waals surface area contributed by atoms with Crippen molar-refractivity contribution in [1.29, 1.82) is 0 Å². The molecule has 0 N–H and O–H groups in total. The van der Waals surface area contributed by atoms with Crippen molar-refractivity contribution in [2.75, 3.05) is 6.26 Å². The lowest BCUT2D eigenvalue weighted by Crippen LogP contribution is -2.38. The maximum atomic E-state index is 12.9. The number of thioether (sulfide) groups is 1. The minimum atomic E-state index is -0.585. The van der Waals surface area contributed by atoms with Gasteiger partial charge in [0.15, 0.2) is 0 Å². The number of hydrogen-bond donors (Lipinski definition) is 0. The summed E-state index contributed by atoms with van der Waals surface area (Å²) >= 11 is 1.68. The monoisotopic (exact) mass is 375 g/mol. The van der Waals surface area contributed by atoms with Gasteiger partial charge in [0.1, 0.15) is 17.5 Å². The van der Waals surface area contributed by atoms with Gasteiger partial charge in [-0.15, -0.1) is 11.8 Å². The van der Waals surface area contributed by atoms with E-state index in [1.165, 1.54) is 14.1 Å². The zero-order chi connectivity index (χ0) is 18.9. The zero-order valence-electron chi connectivity index (χ0n) is 15.7. The molecule has 140 valence electrons. The molecule has 1 aliphatic heterocycles. The molecule has 26 heavy (non-hydrogen) atoms. The van der Waals surface area contributed by atoms with Gasteiger partial charge in [0, 0.05) is 11.3 Å². The quantitative estimate of drug-likeness (QED) is 0.607. The zero-order valence-corrected chi connectivity index (χ0v) is 16.5. The predicted molar refractivity (Wildman–Crippen MR) is 102 cm³/mol. The summed E-state index contributed by atoms with van der Waals surface area (Å²) in [6.45, 7) is 5.89. The van der Waals surface area contributed by atoms with E-state index in [-0.39, 0.29) is 11.7 Å². The summed E-state index contributed by atoms with van der Waals surface area (Å²) in [4.78, 5) is 26.6. The van der Waals surface area contributed by atoms with Crippen molar-refractivity contribution in [2.24, 2.45) is 0 Å². The SMILES string of the molecule is CSc1ccc(Cn2nc3n(c2=O)[C@@H](C(=O)OC(C)(C)C)CCC3)cc1. The number of carbonyl (C=O) groups excluding carboxylic acids is 1. The van der Waals surface area contributed by atoms with Crippen LogP contribution < -0.4 is 5.69 Å². The average molecular weight is 375 g/mol. The van der Waals surface area contributed by atoms with Gasteiger partial charge in [-0.2, -0.15) is 5.10 Å². The topological polar surface area (TPSA) is 66.1 Å². The van der Waals surface area contributed by atoms with E-state index in [0.29, 0.717) is 25.2 Å². The van der Waals surface area contributed by atoms with Crippen LogP contribution in [0.2, 0.25) is 0 Å². The first-order valence-corrected chi connectivity index (χ1v) is 10.0. The van der Waals surface area contributed by atoms with Crippen molar-refractivity contribution in [3.8, 4) is 0 Å². The fourth-order valence-corrected chi connectivity index (χ4v) is 3.54. The van der Waals surface area contributed by atoms with Gasteiger partial charge in [0.25, 0.3) is 0 Å². The molecule has 2 heterocycles. The van der Waals surface area contributed by atoms with Crippen LogP contribution in [-0.4, -0.2) is 32.2 Å². The summed E-state index contributed by atoms with van der Waals surface area (Å²) in [6.07, 6.45) is 4.16. The third-order valence-electron chi connectivity index (χ3n) is 4.30. The molecular weight excluding hydrogens is 350 g/mol. The molecule has 1 aromatic heterocycles. The molecule has 7 heteroatoms. The Hall–Kier alpha value is -2.02. The van der Waals surface area contributed by atoms with Gasteiger partial charge in [0.2, 0.25) is 0 Å². The highest BCUT2D eigenvalue weighted by atomic mass is 32.2. The molecule has 0 saturated carbocycles. The molecule has 3 rings (SSSR count). The molecule has 0 radical (unpaired) electrons. The van der Waals surface area contributed by atoms with Gasteiger partial charge in [-0.3, -0.25) is 4.57 Å². The lowest BCUT2D eigenvalue weighted by molar-refractivity contribution is -0.159. The van der Waals surface area contributed by atoms with Gasteiger partial charge in [0.05, 0.1) is 6.54 Å². The first-order valence-electron chi connectivity index (χ1n) is 8.82. The summed E-state index contributed by atoms with van der Waals surface area (Å²) in [6, 6.07) is 7.48.